The smallest absolute Gasteiger partial charge is 0.290 e. The lowest BCUT2D eigenvalue weighted by Crippen LogP contribution is -2.44. The third kappa shape index (κ3) is 2.31. The average Bonchev–Trinajstić information content (AvgIpc) is 1.65. The van der Waals surface area contributed by atoms with Crippen molar-refractivity contribution in [3.63, 3.8) is 0 Å². The molecule has 0 aromatic rings. The quantitative estimate of drug-likeness (QED) is 0.255. The Morgan fingerprint density at radius 3 is 2.00 bits per heavy atom. The van der Waals surface area contributed by atoms with Crippen LogP contribution in [-0.2, 0) is 0 Å². The second-order valence-corrected chi connectivity index (χ2v) is 1.19. The molecular weight excluding hydrogens is 135 g/mol. The van der Waals surface area contributed by atoms with Gasteiger partial charge in [0.1, 0.15) is 6.34 Å². The van der Waals surface area contributed by atoms with Crippen LogP contribution in [0.4, 0.5) is 13.2 Å². The van der Waals surface area contributed by atoms with E-state index in [0.29, 0.717) is 0 Å². The molecule has 0 aromatic carbocycles. The first-order valence-electron chi connectivity index (χ1n) is 2.06. The van der Waals surface area contributed by atoms with Crippen LogP contribution in [0.2, 0.25) is 0 Å². The highest BCUT2D eigenvalue weighted by Gasteiger charge is 2.34. The van der Waals surface area contributed by atoms with E-state index in [0.717, 1.165) is 7.05 Å². The lowest BCUT2D eigenvalue weighted by Gasteiger charge is -2.19. The molecule has 0 aliphatic rings. The molecule has 0 bridgehead atoms. The van der Waals surface area contributed by atoms with E-state index in [1.807, 2.05) is 0 Å². The molecule has 0 aliphatic heterocycles. The Hall–Kier alpha value is -0.780. The van der Waals surface area contributed by atoms with Crippen LogP contribution in [0.25, 0.3) is 0 Å². The summed E-state index contributed by atoms with van der Waals surface area (Å²) in [5, 5.41) is 5.96. The molecule has 0 rings (SSSR count). The summed E-state index contributed by atoms with van der Waals surface area (Å²) >= 11 is 0. The number of hydrogen-bond donors (Lipinski definition) is 2. The van der Waals surface area contributed by atoms with Crippen molar-refractivity contribution in [2.24, 2.45) is 0 Å². The standard InChI is InChI=1S/C3H6F3N3/c1-8-9(2-7)3(4,5)6/h2,7-8H,1H3. The second-order valence-electron chi connectivity index (χ2n) is 1.19. The maximum absolute atomic E-state index is 11.4. The minimum Gasteiger partial charge on any atom is -0.290 e. The second kappa shape index (κ2) is 2.67. The summed E-state index contributed by atoms with van der Waals surface area (Å²) in [5.41, 5.74) is 1.76. The van der Waals surface area contributed by atoms with E-state index >= 15 is 0 Å². The molecule has 0 saturated carbocycles. The van der Waals surface area contributed by atoms with Crippen molar-refractivity contribution in [3.8, 4) is 0 Å². The van der Waals surface area contributed by atoms with E-state index in [4.69, 9.17) is 5.41 Å². The van der Waals surface area contributed by atoms with Gasteiger partial charge >= 0.3 is 6.30 Å². The monoisotopic (exact) mass is 141 g/mol. The predicted molar refractivity (Wildman–Crippen MR) is 25.7 cm³/mol. The van der Waals surface area contributed by atoms with Gasteiger partial charge in [0.15, 0.2) is 0 Å². The summed E-state index contributed by atoms with van der Waals surface area (Å²) in [6, 6.07) is 0. The van der Waals surface area contributed by atoms with Crippen molar-refractivity contribution in [1.82, 2.24) is 10.4 Å². The number of rotatable bonds is 2. The van der Waals surface area contributed by atoms with Gasteiger partial charge in [0, 0.05) is 7.05 Å². The van der Waals surface area contributed by atoms with Crippen LogP contribution in [-0.4, -0.2) is 24.7 Å². The van der Waals surface area contributed by atoms with Crippen molar-refractivity contribution in [2.75, 3.05) is 7.05 Å². The van der Waals surface area contributed by atoms with Gasteiger partial charge in [-0.25, -0.2) is 10.4 Å². The van der Waals surface area contributed by atoms with Gasteiger partial charge < -0.3 is 0 Å². The van der Waals surface area contributed by atoms with Crippen molar-refractivity contribution >= 4 is 6.34 Å². The molecule has 0 heterocycles. The van der Waals surface area contributed by atoms with Crippen molar-refractivity contribution in [3.05, 3.63) is 0 Å². The number of hydrogen-bond acceptors (Lipinski definition) is 2. The van der Waals surface area contributed by atoms with Crippen LogP contribution in [0.5, 0.6) is 0 Å². The molecule has 0 aliphatic carbocycles. The molecule has 0 saturated heterocycles. The third-order valence-electron chi connectivity index (χ3n) is 0.643. The first-order chi connectivity index (χ1) is 4.02. The average molecular weight is 141 g/mol. The van der Waals surface area contributed by atoms with Crippen LogP contribution in [0.1, 0.15) is 0 Å². The molecule has 0 fully saturated rings. The highest BCUT2D eigenvalue weighted by atomic mass is 19.4. The molecule has 0 amide bonds. The summed E-state index contributed by atoms with van der Waals surface area (Å²) < 4.78 is 34.3. The Morgan fingerprint density at radius 1 is 1.56 bits per heavy atom. The van der Waals surface area contributed by atoms with Gasteiger partial charge in [0.2, 0.25) is 0 Å². The molecule has 0 spiro atoms. The van der Waals surface area contributed by atoms with Crippen LogP contribution < -0.4 is 5.43 Å². The third-order valence-corrected chi connectivity index (χ3v) is 0.643. The molecule has 0 radical (unpaired) electrons. The molecule has 9 heavy (non-hydrogen) atoms. The van der Waals surface area contributed by atoms with E-state index in [-0.39, 0.29) is 11.3 Å². The molecule has 0 aromatic heterocycles. The van der Waals surface area contributed by atoms with E-state index in [1.165, 1.54) is 0 Å². The fraction of sp³-hybridized carbons (Fsp3) is 0.667. The zero-order chi connectivity index (χ0) is 7.49. The summed E-state index contributed by atoms with van der Waals surface area (Å²) in [5.74, 6) is 0. The predicted octanol–water partition coefficient (Wildman–Crippen LogP) is 0.550. The molecular formula is C3H6F3N3. The number of nitrogens with one attached hydrogen (secondary N) is 2. The Kier molecular flexibility index (Phi) is 2.44. The largest absolute Gasteiger partial charge is 0.499 e. The molecule has 0 unspecified atom stereocenters. The van der Waals surface area contributed by atoms with Crippen LogP contribution in [0.3, 0.4) is 0 Å². The van der Waals surface area contributed by atoms with E-state index in [1.54, 1.807) is 5.43 Å². The number of alkyl halides is 3. The molecule has 2 N–H and O–H groups in total. The van der Waals surface area contributed by atoms with E-state index < -0.39 is 6.30 Å². The maximum Gasteiger partial charge on any atom is 0.499 e. The van der Waals surface area contributed by atoms with Gasteiger partial charge in [-0.15, -0.1) is 13.2 Å². The summed E-state index contributed by atoms with van der Waals surface area (Å²) in [6.07, 6.45) is -4.35. The van der Waals surface area contributed by atoms with E-state index in [9.17, 15) is 13.2 Å². The minimum atomic E-state index is -4.50. The molecule has 6 heteroatoms. The van der Waals surface area contributed by atoms with Gasteiger partial charge in [-0.3, -0.25) is 5.41 Å². The summed E-state index contributed by atoms with van der Waals surface area (Å²) in [6.45, 7) is 0. The SMILES string of the molecule is CNN(C=N)C(F)(F)F. The molecule has 3 nitrogen and oxygen atoms in total. The van der Waals surface area contributed by atoms with Crippen molar-refractivity contribution in [1.29, 1.82) is 5.41 Å². The lowest BCUT2D eigenvalue weighted by molar-refractivity contribution is -0.229. The molecule has 0 atom stereocenters. The van der Waals surface area contributed by atoms with Crippen LogP contribution >= 0.6 is 0 Å². The topological polar surface area (TPSA) is 39.1 Å². The Balaban J connectivity index is 3.94. The van der Waals surface area contributed by atoms with Gasteiger partial charge in [0.05, 0.1) is 0 Å². The van der Waals surface area contributed by atoms with Gasteiger partial charge in [-0.1, -0.05) is 0 Å². The Labute approximate surface area is 49.9 Å². The van der Waals surface area contributed by atoms with Gasteiger partial charge in [-0.2, -0.15) is 0 Å². The Bertz CT molecular complexity index is 99.0. The van der Waals surface area contributed by atoms with Crippen LogP contribution in [0.15, 0.2) is 0 Å². The maximum atomic E-state index is 11.4. The number of nitrogens with zero attached hydrogens (tertiary/aromatic N) is 1. The zero-order valence-corrected chi connectivity index (χ0v) is 4.66. The minimum absolute atomic E-state index is 0.153. The zero-order valence-electron chi connectivity index (χ0n) is 4.66. The van der Waals surface area contributed by atoms with Crippen molar-refractivity contribution < 1.29 is 13.2 Å². The summed E-state index contributed by atoms with van der Waals surface area (Å²) in [7, 11) is 1.08. The molecule has 54 valence electrons. The number of halogens is 3. The highest BCUT2D eigenvalue weighted by Crippen LogP contribution is 2.15. The lowest BCUT2D eigenvalue weighted by atomic mass is 11.0. The summed E-state index contributed by atoms with van der Waals surface area (Å²) in [4.78, 5) is 0. The Morgan fingerprint density at radius 2 is 2.00 bits per heavy atom. The van der Waals surface area contributed by atoms with E-state index in [2.05, 4.69) is 0 Å². The first-order valence-corrected chi connectivity index (χ1v) is 2.06. The normalized spacial score (nSPS) is 11.1. The number of hydrazine groups is 1. The fourth-order valence-corrected chi connectivity index (χ4v) is 0.265. The van der Waals surface area contributed by atoms with Gasteiger partial charge in [-0.05, 0) is 0 Å². The van der Waals surface area contributed by atoms with Crippen molar-refractivity contribution in [2.45, 2.75) is 6.30 Å². The van der Waals surface area contributed by atoms with Gasteiger partial charge in [0.25, 0.3) is 0 Å². The van der Waals surface area contributed by atoms with Crippen LogP contribution in [0, 0.1) is 5.41 Å². The fourth-order valence-electron chi connectivity index (χ4n) is 0.265. The highest BCUT2D eigenvalue weighted by molar-refractivity contribution is 5.49. The first kappa shape index (κ1) is 8.22.